The van der Waals surface area contributed by atoms with Crippen LogP contribution < -0.4 is 0 Å². The summed E-state index contributed by atoms with van der Waals surface area (Å²) in [6, 6.07) is 3.76. The number of amides is 4. The Bertz CT molecular complexity index is 1520. The Balaban J connectivity index is 1.63. The highest BCUT2D eigenvalue weighted by Gasteiger charge is 2.49. The highest BCUT2D eigenvalue weighted by molar-refractivity contribution is 6.04. The number of halogens is 7. The third kappa shape index (κ3) is 6.97. The number of likely N-dealkylation sites (tertiary alicyclic amines) is 1. The van der Waals surface area contributed by atoms with Crippen molar-refractivity contribution >= 4 is 23.8 Å². The van der Waals surface area contributed by atoms with Gasteiger partial charge in [-0.15, -0.1) is 0 Å². The van der Waals surface area contributed by atoms with Crippen LogP contribution in [0.25, 0.3) is 0 Å². The lowest BCUT2D eigenvalue weighted by molar-refractivity contribution is -0.144. The summed E-state index contributed by atoms with van der Waals surface area (Å²) < 4.78 is 100. The summed E-state index contributed by atoms with van der Waals surface area (Å²) in [5, 5.41) is 0. The quantitative estimate of drug-likeness (QED) is 0.351. The smallest absolute Gasteiger partial charge is 0.418 e. The van der Waals surface area contributed by atoms with Crippen LogP contribution in [0.1, 0.15) is 67.0 Å². The van der Waals surface area contributed by atoms with E-state index in [9.17, 15) is 49.9 Å². The Hall–Kier alpha value is -4.17. The molecular formula is C31H32F7N3O5. The number of alkyl halides is 6. The first-order valence-corrected chi connectivity index (χ1v) is 14.3. The van der Waals surface area contributed by atoms with Crippen molar-refractivity contribution in [1.82, 2.24) is 14.7 Å². The first kappa shape index (κ1) is 34.7. The Morgan fingerprint density at radius 1 is 1.02 bits per heavy atom. The molecule has 8 nitrogen and oxygen atoms in total. The molecule has 2 aliphatic heterocycles. The van der Waals surface area contributed by atoms with E-state index in [0.717, 1.165) is 4.90 Å². The molecule has 2 fully saturated rings. The topological polar surface area (TPSA) is 87.2 Å². The molecule has 15 heteroatoms. The zero-order chi connectivity index (χ0) is 34.5. The van der Waals surface area contributed by atoms with Crippen LogP contribution in [-0.2, 0) is 31.5 Å². The van der Waals surface area contributed by atoms with Gasteiger partial charge in [0, 0.05) is 32.0 Å². The van der Waals surface area contributed by atoms with Gasteiger partial charge in [-0.05, 0) is 81.1 Å². The van der Waals surface area contributed by atoms with E-state index < -0.39 is 83.1 Å². The summed E-state index contributed by atoms with van der Waals surface area (Å²) in [5.41, 5.74) is -3.92. The van der Waals surface area contributed by atoms with E-state index in [1.54, 1.807) is 6.92 Å². The fraction of sp³-hybridized carbons (Fsp3) is 0.484. The molecule has 4 rings (SSSR count). The van der Waals surface area contributed by atoms with Crippen LogP contribution in [0.2, 0.25) is 0 Å². The maximum absolute atomic E-state index is 14.0. The minimum atomic E-state index is -5.07. The normalized spacial score (nSPS) is 20.9. The van der Waals surface area contributed by atoms with Crippen LogP contribution in [0.3, 0.4) is 0 Å². The number of benzene rings is 2. The summed E-state index contributed by atoms with van der Waals surface area (Å²) in [6.07, 6.45) is -11.1. The van der Waals surface area contributed by atoms with Crippen molar-refractivity contribution in [2.24, 2.45) is 5.92 Å². The molecule has 2 saturated heterocycles. The van der Waals surface area contributed by atoms with Crippen LogP contribution in [-0.4, -0.2) is 70.8 Å². The van der Waals surface area contributed by atoms with Gasteiger partial charge in [0.1, 0.15) is 12.4 Å². The van der Waals surface area contributed by atoms with Crippen LogP contribution in [0, 0.1) is 18.7 Å². The fourth-order valence-electron chi connectivity index (χ4n) is 5.84. The lowest BCUT2D eigenvalue weighted by atomic mass is 9.78. The molecule has 3 atom stereocenters. The van der Waals surface area contributed by atoms with Gasteiger partial charge in [-0.25, -0.2) is 14.1 Å². The number of rotatable bonds is 6. The zero-order valence-electron chi connectivity index (χ0n) is 25.6. The average molecular weight is 660 g/mol. The minimum absolute atomic E-state index is 0.00844. The van der Waals surface area contributed by atoms with Crippen LogP contribution in [0.4, 0.5) is 35.5 Å². The third-order valence-electron chi connectivity index (χ3n) is 8.55. The molecule has 0 bridgehead atoms. The van der Waals surface area contributed by atoms with E-state index >= 15 is 0 Å². The number of cyclic esters (lactones) is 1. The molecule has 0 aliphatic carbocycles. The molecule has 250 valence electrons. The van der Waals surface area contributed by atoms with Crippen molar-refractivity contribution < 1.29 is 54.6 Å². The van der Waals surface area contributed by atoms with Gasteiger partial charge in [0.15, 0.2) is 5.60 Å². The molecule has 0 saturated carbocycles. The summed E-state index contributed by atoms with van der Waals surface area (Å²) in [7, 11) is 1.26. The van der Waals surface area contributed by atoms with Gasteiger partial charge in [-0.1, -0.05) is 6.07 Å². The summed E-state index contributed by atoms with van der Waals surface area (Å²) >= 11 is 0. The SMILES string of the molecule is Cc1cc(F)ccc1[C@H]1CN(C(=O)CN2C(=O)OC(C)(C)C2=O)CC[C@@H]1C(=O)N(C)[C@H](C)c1cc(C(F)(F)F)cc(C(F)(F)F)c1. The summed E-state index contributed by atoms with van der Waals surface area (Å²) in [6.45, 7) is 4.91. The molecule has 2 aliphatic rings. The zero-order valence-corrected chi connectivity index (χ0v) is 25.6. The molecule has 2 heterocycles. The second kappa shape index (κ2) is 12.2. The van der Waals surface area contributed by atoms with Gasteiger partial charge in [0.2, 0.25) is 11.8 Å². The first-order valence-electron chi connectivity index (χ1n) is 14.3. The van der Waals surface area contributed by atoms with Crippen molar-refractivity contribution in [2.75, 3.05) is 26.7 Å². The number of carbonyl (C=O) groups is 4. The molecule has 4 amide bonds. The largest absolute Gasteiger partial charge is 0.433 e. The first-order chi connectivity index (χ1) is 21.1. The highest BCUT2D eigenvalue weighted by Crippen LogP contribution is 2.40. The number of hydrogen-bond donors (Lipinski definition) is 0. The monoisotopic (exact) mass is 659 g/mol. The molecular weight excluding hydrogens is 627 g/mol. The molecule has 0 unspecified atom stereocenters. The van der Waals surface area contributed by atoms with Crippen molar-refractivity contribution in [3.05, 3.63) is 70.0 Å². The Morgan fingerprint density at radius 3 is 2.11 bits per heavy atom. The lowest BCUT2D eigenvalue weighted by Gasteiger charge is -2.41. The second-order valence-corrected chi connectivity index (χ2v) is 12.1. The molecule has 0 radical (unpaired) electrons. The van der Waals surface area contributed by atoms with Gasteiger partial charge < -0.3 is 14.5 Å². The maximum atomic E-state index is 14.0. The predicted molar refractivity (Wildman–Crippen MR) is 148 cm³/mol. The van der Waals surface area contributed by atoms with Crippen molar-refractivity contribution in [1.29, 1.82) is 0 Å². The van der Waals surface area contributed by atoms with Gasteiger partial charge in [-0.2, -0.15) is 26.3 Å². The van der Waals surface area contributed by atoms with Crippen molar-refractivity contribution in [3.63, 3.8) is 0 Å². The number of piperidine rings is 1. The molecule has 2 aromatic rings. The van der Waals surface area contributed by atoms with Crippen LogP contribution in [0.5, 0.6) is 0 Å². The number of nitrogens with zero attached hydrogens (tertiary/aromatic N) is 3. The Morgan fingerprint density at radius 2 is 1.61 bits per heavy atom. The predicted octanol–water partition coefficient (Wildman–Crippen LogP) is 6.08. The van der Waals surface area contributed by atoms with Crippen molar-refractivity contribution in [2.45, 2.75) is 64.0 Å². The number of hydrogen-bond acceptors (Lipinski definition) is 5. The fourth-order valence-corrected chi connectivity index (χ4v) is 5.84. The molecule has 0 N–H and O–H groups in total. The third-order valence-corrected chi connectivity index (χ3v) is 8.55. The highest BCUT2D eigenvalue weighted by atomic mass is 19.4. The maximum Gasteiger partial charge on any atom is 0.418 e. The second-order valence-electron chi connectivity index (χ2n) is 12.1. The average Bonchev–Trinajstić information content (AvgIpc) is 3.15. The number of imide groups is 1. The van der Waals surface area contributed by atoms with E-state index in [-0.39, 0.29) is 31.1 Å². The molecule has 2 aromatic carbocycles. The van der Waals surface area contributed by atoms with Crippen molar-refractivity contribution in [3.8, 4) is 0 Å². The molecule has 0 spiro atoms. The van der Waals surface area contributed by atoms with Gasteiger partial charge >= 0.3 is 18.4 Å². The van der Waals surface area contributed by atoms with Gasteiger partial charge in [-0.3, -0.25) is 14.4 Å². The van der Waals surface area contributed by atoms with E-state index in [0.29, 0.717) is 28.2 Å². The number of ether oxygens (including phenoxy) is 1. The summed E-state index contributed by atoms with van der Waals surface area (Å²) in [4.78, 5) is 55.1. The lowest BCUT2D eigenvalue weighted by Crippen LogP contribution is -2.51. The number of aryl methyl sites for hydroxylation is 1. The van der Waals surface area contributed by atoms with E-state index in [4.69, 9.17) is 4.74 Å². The van der Waals surface area contributed by atoms with Crippen LogP contribution in [0.15, 0.2) is 36.4 Å². The standard InChI is InChI=1S/C31H32F7N3O5/c1-16-10-21(32)6-7-22(16)24-14-40(25(42)15-41-27(44)29(3,4)46-28(41)45)9-8-23(24)26(43)39(5)17(2)18-11-19(30(33,34)35)13-20(12-18)31(36,37)38/h6-7,10-13,17,23-24H,8-9,14-15H2,1-5H3/t17-,23+,24-/m1/s1. The van der Waals surface area contributed by atoms with Gasteiger partial charge in [0.05, 0.1) is 17.2 Å². The number of carbonyl (C=O) groups excluding carboxylic acids is 4. The van der Waals surface area contributed by atoms with Gasteiger partial charge in [0.25, 0.3) is 5.91 Å². The van der Waals surface area contributed by atoms with E-state index in [1.165, 1.54) is 50.9 Å². The van der Waals surface area contributed by atoms with Crippen LogP contribution >= 0.6 is 0 Å². The Kier molecular flexibility index (Phi) is 9.21. The minimum Gasteiger partial charge on any atom is -0.433 e. The van der Waals surface area contributed by atoms with E-state index in [1.807, 2.05) is 0 Å². The van der Waals surface area contributed by atoms with E-state index in [2.05, 4.69) is 0 Å². The summed E-state index contributed by atoms with van der Waals surface area (Å²) in [5.74, 6) is -4.18. The Labute approximate surface area is 260 Å². The molecule has 0 aromatic heterocycles. The molecule has 46 heavy (non-hydrogen) atoms.